The van der Waals surface area contributed by atoms with Gasteiger partial charge in [0.1, 0.15) is 4.90 Å². The van der Waals surface area contributed by atoms with E-state index in [-0.39, 0.29) is 16.5 Å². The van der Waals surface area contributed by atoms with Gasteiger partial charge in [0.05, 0.1) is 23.1 Å². The van der Waals surface area contributed by atoms with E-state index in [0.717, 1.165) is 11.4 Å². The molecule has 0 aliphatic carbocycles. The molecule has 3 aromatic rings. The van der Waals surface area contributed by atoms with Gasteiger partial charge in [0.25, 0.3) is 5.56 Å². The summed E-state index contributed by atoms with van der Waals surface area (Å²) >= 11 is 0. The molecule has 31 heavy (non-hydrogen) atoms. The summed E-state index contributed by atoms with van der Waals surface area (Å²) in [6.45, 7) is 7.94. The van der Waals surface area contributed by atoms with Gasteiger partial charge in [0, 0.05) is 31.9 Å². The molecular formula is C20H27N7O3S. The summed E-state index contributed by atoms with van der Waals surface area (Å²) in [5.74, 6) is 0.571. The molecule has 0 radical (unpaired) electrons. The minimum atomic E-state index is -3.64. The van der Waals surface area contributed by atoms with E-state index < -0.39 is 10.0 Å². The molecule has 0 amide bonds. The number of nitrogens with zero attached hydrogens (tertiary/aromatic N) is 7. The second-order valence-electron chi connectivity index (χ2n) is 8.07. The van der Waals surface area contributed by atoms with Crippen molar-refractivity contribution in [2.45, 2.75) is 51.5 Å². The summed E-state index contributed by atoms with van der Waals surface area (Å²) in [4.78, 5) is 12.8. The maximum Gasteiger partial charge on any atom is 0.267 e. The number of hydrogen-bond donors (Lipinski definition) is 0. The molecule has 1 fully saturated rings. The third kappa shape index (κ3) is 3.72. The van der Waals surface area contributed by atoms with Crippen molar-refractivity contribution in [3.05, 3.63) is 51.3 Å². The second kappa shape index (κ2) is 7.72. The van der Waals surface area contributed by atoms with Crippen molar-refractivity contribution in [1.29, 1.82) is 0 Å². The van der Waals surface area contributed by atoms with Crippen LogP contribution in [0.25, 0.3) is 5.82 Å². The smallest absolute Gasteiger partial charge is 0.267 e. The largest absolute Gasteiger partial charge is 0.271 e. The van der Waals surface area contributed by atoms with Crippen molar-refractivity contribution in [3.8, 4) is 5.82 Å². The fraction of sp³-hybridized carbons (Fsp3) is 0.500. The quantitative estimate of drug-likeness (QED) is 0.601. The summed E-state index contributed by atoms with van der Waals surface area (Å²) in [7, 11) is -1.91. The van der Waals surface area contributed by atoms with Crippen LogP contribution in [0.3, 0.4) is 0 Å². The van der Waals surface area contributed by atoms with Crippen LogP contribution in [0.1, 0.15) is 41.7 Å². The van der Waals surface area contributed by atoms with Gasteiger partial charge < -0.3 is 0 Å². The van der Waals surface area contributed by atoms with Crippen molar-refractivity contribution in [2.24, 2.45) is 7.05 Å². The Bertz CT molecular complexity index is 1290. The van der Waals surface area contributed by atoms with Gasteiger partial charge in [-0.25, -0.2) is 17.8 Å². The van der Waals surface area contributed by atoms with Crippen molar-refractivity contribution < 1.29 is 8.42 Å². The molecule has 0 atom stereocenters. The monoisotopic (exact) mass is 445 g/mol. The lowest BCUT2D eigenvalue weighted by atomic mass is 10.1. The van der Waals surface area contributed by atoms with Crippen LogP contribution >= 0.6 is 0 Å². The number of piperidine rings is 1. The van der Waals surface area contributed by atoms with Crippen LogP contribution in [0.15, 0.2) is 27.9 Å². The molecular weight excluding hydrogens is 418 g/mol. The Balaban J connectivity index is 1.57. The predicted molar refractivity (Wildman–Crippen MR) is 115 cm³/mol. The van der Waals surface area contributed by atoms with Crippen LogP contribution in [0.5, 0.6) is 0 Å². The molecule has 11 heteroatoms. The highest BCUT2D eigenvalue weighted by Crippen LogP contribution is 2.28. The lowest BCUT2D eigenvalue weighted by Crippen LogP contribution is -2.41. The highest BCUT2D eigenvalue weighted by molar-refractivity contribution is 7.89. The molecule has 0 unspecified atom stereocenters. The van der Waals surface area contributed by atoms with E-state index in [4.69, 9.17) is 0 Å². The van der Waals surface area contributed by atoms with Gasteiger partial charge in [0.15, 0.2) is 5.82 Å². The van der Waals surface area contributed by atoms with Gasteiger partial charge in [-0.05, 0) is 52.7 Å². The highest BCUT2D eigenvalue weighted by Gasteiger charge is 2.34. The van der Waals surface area contributed by atoms with Crippen LogP contribution in [-0.4, -0.2) is 55.2 Å². The van der Waals surface area contributed by atoms with Gasteiger partial charge in [-0.3, -0.25) is 9.48 Å². The molecule has 1 aliphatic heterocycles. The first-order valence-corrected chi connectivity index (χ1v) is 11.7. The summed E-state index contributed by atoms with van der Waals surface area (Å²) in [5, 5.41) is 13.2. The number of hydrogen-bond acceptors (Lipinski definition) is 6. The van der Waals surface area contributed by atoms with Crippen molar-refractivity contribution in [1.82, 2.24) is 33.6 Å². The highest BCUT2D eigenvalue weighted by atomic mass is 32.2. The molecule has 0 bridgehead atoms. The zero-order valence-electron chi connectivity index (χ0n) is 18.4. The second-order valence-corrected chi connectivity index (χ2v) is 9.95. The number of sulfonamides is 1. The Hall–Kier alpha value is -2.79. The maximum absolute atomic E-state index is 13.2. The van der Waals surface area contributed by atoms with E-state index in [1.807, 2.05) is 19.9 Å². The topological polar surface area (TPSA) is 108 Å². The first-order chi connectivity index (χ1) is 14.6. The van der Waals surface area contributed by atoms with E-state index in [0.29, 0.717) is 43.1 Å². The minimum Gasteiger partial charge on any atom is -0.271 e. The third-order valence-electron chi connectivity index (χ3n) is 5.85. The number of aryl methyl sites for hydroxylation is 4. The number of rotatable bonds is 4. The third-order valence-corrected chi connectivity index (χ3v) is 8.00. The fourth-order valence-electron chi connectivity index (χ4n) is 4.23. The van der Waals surface area contributed by atoms with E-state index in [2.05, 4.69) is 15.3 Å². The molecule has 0 saturated carbocycles. The standard InChI is InChI=1S/C20H27N7O3S/c1-13-12-14(2)26(21-13)18-6-7-19(28)27(23-18)17-8-10-25(11-9-17)31(29,30)20-15(3)22-24(5)16(20)4/h6-7,12,17H,8-11H2,1-5H3. The van der Waals surface area contributed by atoms with Gasteiger partial charge in [-0.2, -0.15) is 14.5 Å². The van der Waals surface area contributed by atoms with Gasteiger partial charge >= 0.3 is 0 Å². The molecule has 10 nitrogen and oxygen atoms in total. The minimum absolute atomic E-state index is 0.174. The molecule has 1 saturated heterocycles. The SMILES string of the molecule is Cc1cc(C)n(-c2ccc(=O)n(C3CCN(S(=O)(=O)c4c(C)nn(C)c4C)CC3)n2)n1. The molecule has 3 aromatic heterocycles. The Labute approximate surface area is 181 Å². The normalized spacial score (nSPS) is 16.2. The first-order valence-electron chi connectivity index (χ1n) is 10.2. The molecule has 0 N–H and O–H groups in total. The average Bonchev–Trinajstić information content (AvgIpc) is 3.19. The Morgan fingerprint density at radius 1 is 1.00 bits per heavy atom. The predicted octanol–water partition coefficient (Wildman–Crippen LogP) is 1.42. The van der Waals surface area contributed by atoms with Crippen LogP contribution < -0.4 is 5.56 Å². The van der Waals surface area contributed by atoms with Crippen molar-refractivity contribution in [3.63, 3.8) is 0 Å². The Morgan fingerprint density at radius 2 is 1.68 bits per heavy atom. The zero-order valence-corrected chi connectivity index (χ0v) is 19.2. The molecule has 4 rings (SSSR count). The molecule has 166 valence electrons. The lowest BCUT2D eigenvalue weighted by Gasteiger charge is -2.31. The van der Waals surface area contributed by atoms with Gasteiger partial charge in [0.2, 0.25) is 10.0 Å². The van der Waals surface area contributed by atoms with Crippen LogP contribution in [0.2, 0.25) is 0 Å². The molecule has 1 aliphatic rings. The lowest BCUT2D eigenvalue weighted by molar-refractivity contribution is 0.254. The van der Waals surface area contributed by atoms with E-state index in [9.17, 15) is 13.2 Å². The van der Waals surface area contributed by atoms with Crippen LogP contribution in [0, 0.1) is 27.7 Å². The van der Waals surface area contributed by atoms with E-state index in [1.54, 1.807) is 36.3 Å². The maximum atomic E-state index is 13.2. The van der Waals surface area contributed by atoms with Crippen molar-refractivity contribution in [2.75, 3.05) is 13.1 Å². The molecule has 0 aromatic carbocycles. The van der Waals surface area contributed by atoms with Crippen LogP contribution in [-0.2, 0) is 17.1 Å². The van der Waals surface area contributed by atoms with Gasteiger partial charge in [-0.15, -0.1) is 5.10 Å². The summed E-state index contributed by atoms with van der Waals surface area (Å²) in [6, 6.07) is 4.92. The summed E-state index contributed by atoms with van der Waals surface area (Å²) in [6.07, 6.45) is 1.01. The molecule has 0 spiro atoms. The Kier molecular flexibility index (Phi) is 5.34. The van der Waals surface area contributed by atoms with Crippen LogP contribution in [0.4, 0.5) is 0 Å². The van der Waals surface area contributed by atoms with E-state index in [1.165, 1.54) is 15.1 Å². The number of aromatic nitrogens is 6. The van der Waals surface area contributed by atoms with E-state index >= 15 is 0 Å². The summed E-state index contributed by atoms with van der Waals surface area (Å²) < 4.78 is 32.7. The zero-order chi connectivity index (χ0) is 22.5. The first kappa shape index (κ1) is 21.4. The fourth-order valence-corrected chi connectivity index (χ4v) is 6.10. The van der Waals surface area contributed by atoms with Crippen molar-refractivity contribution >= 4 is 10.0 Å². The average molecular weight is 446 g/mol. The Morgan fingerprint density at radius 3 is 2.23 bits per heavy atom. The summed E-state index contributed by atoms with van der Waals surface area (Å²) in [5.41, 5.74) is 2.72. The molecule has 4 heterocycles. The van der Waals surface area contributed by atoms with Gasteiger partial charge in [-0.1, -0.05) is 0 Å².